The van der Waals surface area contributed by atoms with Gasteiger partial charge in [0.2, 0.25) is 0 Å². The number of hydrogen-bond donors (Lipinski definition) is 2. The standard InChI is InChI=1S/C13H22N4S/c1-10-17-12(9-18-10)6-7-15-13(14-2)16-8-11-4-3-5-11/h9,11H,3-8H2,1-2H3,(H2,14,15,16). The van der Waals surface area contributed by atoms with Crippen molar-refractivity contribution in [3.8, 4) is 0 Å². The van der Waals surface area contributed by atoms with Gasteiger partial charge in [0.05, 0.1) is 10.7 Å². The highest BCUT2D eigenvalue weighted by Crippen LogP contribution is 2.24. The number of nitrogens with zero attached hydrogens (tertiary/aromatic N) is 2. The van der Waals surface area contributed by atoms with Crippen molar-refractivity contribution < 1.29 is 0 Å². The molecule has 1 saturated carbocycles. The maximum Gasteiger partial charge on any atom is 0.190 e. The smallest absolute Gasteiger partial charge is 0.190 e. The van der Waals surface area contributed by atoms with Crippen LogP contribution in [0.15, 0.2) is 10.4 Å². The van der Waals surface area contributed by atoms with Crippen LogP contribution in [0.5, 0.6) is 0 Å². The molecule has 1 aliphatic rings. The molecule has 0 unspecified atom stereocenters. The summed E-state index contributed by atoms with van der Waals surface area (Å²) in [6.45, 7) is 3.98. The Morgan fingerprint density at radius 1 is 1.50 bits per heavy atom. The van der Waals surface area contributed by atoms with Crippen molar-refractivity contribution in [2.24, 2.45) is 10.9 Å². The molecule has 0 bridgehead atoms. The Morgan fingerprint density at radius 3 is 2.89 bits per heavy atom. The predicted octanol–water partition coefficient (Wildman–Crippen LogP) is 1.96. The van der Waals surface area contributed by atoms with Crippen LogP contribution in [-0.4, -0.2) is 31.1 Å². The molecule has 0 atom stereocenters. The van der Waals surface area contributed by atoms with Crippen molar-refractivity contribution in [2.45, 2.75) is 32.6 Å². The van der Waals surface area contributed by atoms with Crippen LogP contribution in [0.2, 0.25) is 0 Å². The van der Waals surface area contributed by atoms with E-state index in [4.69, 9.17) is 0 Å². The molecule has 2 rings (SSSR count). The van der Waals surface area contributed by atoms with E-state index in [1.807, 2.05) is 14.0 Å². The molecule has 2 N–H and O–H groups in total. The molecule has 0 saturated heterocycles. The van der Waals surface area contributed by atoms with Gasteiger partial charge in [-0.3, -0.25) is 4.99 Å². The molecule has 4 nitrogen and oxygen atoms in total. The van der Waals surface area contributed by atoms with Crippen LogP contribution >= 0.6 is 11.3 Å². The van der Waals surface area contributed by atoms with Crippen molar-refractivity contribution >= 4 is 17.3 Å². The summed E-state index contributed by atoms with van der Waals surface area (Å²) in [6, 6.07) is 0. The van der Waals surface area contributed by atoms with Gasteiger partial charge in [0.25, 0.3) is 0 Å². The van der Waals surface area contributed by atoms with Crippen LogP contribution < -0.4 is 10.6 Å². The Morgan fingerprint density at radius 2 is 2.33 bits per heavy atom. The third-order valence-corrected chi connectivity index (χ3v) is 4.17. The summed E-state index contributed by atoms with van der Waals surface area (Å²) >= 11 is 1.71. The van der Waals surface area contributed by atoms with Gasteiger partial charge in [0, 0.05) is 31.9 Å². The SMILES string of the molecule is CN=C(NCCc1csc(C)n1)NCC1CCC1. The Hall–Kier alpha value is -1.10. The van der Waals surface area contributed by atoms with Crippen molar-refractivity contribution in [2.75, 3.05) is 20.1 Å². The second-order valence-electron chi connectivity index (χ2n) is 4.78. The molecule has 1 heterocycles. The first-order valence-corrected chi connectivity index (χ1v) is 7.51. The van der Waals surface area contributed by atoms with E-state index in [9.17, 15) is 0 Å². The average Bonchev–Trinajstić information content (AvgIpc) is 2.71. The molecule has 1 aromatic rings. The first-order chi connectivity index (χ1) is 8.78. The third-order valence-electron chi connectivity index (χ3n) is 3.35. The van der Waals surface area contributed by atoms with Gasteiger partial charge in [0.15, 0.2) is 5.96 Å². The number of aromatic nitrogens is 1. The monoisotopic (exact) mass is 266 g/mol. The summed E-state index contributed by atoms with van der Waals surface area (Å²) < 4.78 is 0. The second kappa shape index (κ2) is 6.73. The molecular weight excluding hydrogens is 244 g/mol. The molecular formula is C13H22N4S. The zero-order valence-corrected chi connectivity index (χ0v) is 12.0. The molecule has 0 aliphatic heterocycles. The lowest BCUT2D eigenvalue weighted by Gasteiger charge is -2.26. The Kier molecular flexibility index (Phi) is 4.99. The maximum atomic E-state index is 4.45. The normalized spacial score (nSPS) is 16.4. The van der Waals surface area contributed by atoms with Crippen LogP contribution in [0.3, 0.4) is 0 Å². The number of hydrogen-bond acceptors (Lipinski definition) is 3. The summed E-state index contributed by atoms with van der Waals surface area (Å²) in [6.07, 6.45) is 5.07. The summed E-state index contributed by atoms with van der Waals surface area (Å²) in [5, 5.41) is 9.98. The molecule has 0 amide bonds. The fourth-order valence-corrected chi connectivity index (χ4v) is 2.64. The van der Waals surface area contributed by atoms with Crippen LogP contribution in [0.25, 0.3) is 0 Å². The zero-order valence-electron chi connectivity index (χ0n) is 11.2. The van der Waals surface area contributed by atoms with Crippen molar-refractivity contribution in [1.29, 1.82) is 0 Å². The minimum absolute atomic E-state index is 0.852. The third kappa shape index (κ3) is 3.98. The van der Waals surface area contributed by atoms with E-state index in [0.717, 1.165) is 36.4 Å². The fourth-order valence-electron chi connectivity index (χ4n) is 1.99. The van der Waals surface area contributed by atoms with E-state index in [1.54, 1.807) is 11.3 Å². The van der Waals surface area contributed by atoms with Gasteiger partial charge in [0.1, 0.15) is 0 Å². The van der Waals surface area contributed by atoms with Gasteiger partial charge in [-0.25, -0.2) is 4.98 Å². The van der Waals surface area contributed by atoms with Crippen LogP contribution in [-0.2, 0) is 6.42 Å². The first kappa shape index (κ1) is 13.3. The number of rotatable bonds is 5. The highest BCUT2D eigenvalue weighted by atomic mass is 32.1. The van der Waals surface area contributed by atoms with Crippen LogP contribution in [0.1, 0.15) is 30.0 Å². The lowest BCUT2D eigenvalue weighted by molar-refractivity contribution is 0.314. The fraction of sp³-hybridized carbons (Fsp3) is 0.692. The average molecular weight is 266 g/mol. The quantitative estimate of drug-likeness (QED) is 0.633. The highest BCUT2D eigenvalue weighted by Gasteiger charge is 2.17. The predicted molar refractivity (Wildman–Crippen MR) is 77.3 cm³/mol. The first-order valence-electron chi connectivity index (χ1n) is 6.63. The second-order valence-corrected chi connectivity index (χ2v) is 5.85. The van der Waals surface area contributed by atoms with Gasteiger partial charge in [-0.2, -0.15) is 0 Å². The van der Waals surface area contributed by atoms with E-state index in [-0.39, 0.29) is 0 Å². The van der Waals surface area contributed by atoms with Crippen molar-refractivity contribution in [3.63, 3.8) is 0 Å². The largest absolute Gasteiger partial charge is 0.356 e. The summed E-state index contributed by atoms with van der Waals surface area (Å²) in [4.78, 5) is 8.68. The van der Waals surface area contributed by atoms with E-state index in [1.165, 1.54) is 25.0 Å². The molecule has 0 radical (unpaired) electrons. The number of aryl methyl sites for hydroxylation is 1. The van der Waals surface area contributed by atoms with Crippen LogP contribution in [0.4, 0.5) is 0 Å². The summed E-state index contributed by atoms with van der Waals surface area (Å²) in [5.41, 5.74) is 1.17. The number of nitrogens with one attached hydrogen (secondary N) is 2. The van der Waals surface area contributed by atoms with E-state index < -0.39 is 0 Å². The molecule has 100 valence electrons. The van der Waals surface area contributed by atoms with Gasteiger partial charge >= 0.3 is 0 Å². The van der Waals surface area contributed by atoms with Crippen molar-refractivity contribution in [3.05, 3.63) is 16.1 Å². The van der Waals surface area contributed by atoms with Crippen LogP contribution in [0, 0.1) is 12.8 Å². The van der Waals surface area contributed by atoms with Crippen molar-refractivity contribution in [1.82, 2.24) is 15.6 Å². The topological polar surface area (TPSA) is 49.3 Å². The van der Waals surface area contributed by atoms with Gasteiger partial charge in [-0.15, -0.1) is 11.3 Å². The molecule has 1 aromatic heterocycles. The summed E-state index contributed by atoms with van der Waals surface area (Å²) in [7, 11) is 1.82. The molecule has 1 fully saturated rings. The Balaban J connectivity index is 1.64. The molecule has 0 aromatic carbocycles. The van der Waals surface area contributed by atoms with Gasteiger partial charge < -0.3 is 10.6 Å². The Bertz CT molecular complexity index is 395. The number of thiazole rings is 1. The molecule has 1 aliphatic carbocycles. The highest BCUT2D eigenvalue weighted by molar-refractivity contribution is 7.09. The maximum absolute atomic E-state index is 4.45. The van der Waals surface area contributed by atoms with E-state index >= 15 is 0 Å². The Labute approximate surface area is 113 Å². The van der Waals surface area contributed by atoms with E-state index in [2.05, 4.69) is 26.0 Å². The lowest BCUT2D eigenvalue weighted by atomic mass is 9.85. The number of aliphatic imine (C=N–C) groups is 1. The minimum atomic E-state index is 0.852. The molecule has 5 heteroatoms. The lowest BCUT2D eigenvalue weighted by Crippen LogP contribution is -2.41. The van der Waals surface area contributed by atoms with E-state index in [0.29, 0.717) is 0 Å². The number of guanidine groups is 1. The minimum Gasteiger partial charge on any atom is -0.356 e. The molecule has 0 spiro atoms. The molecule has 18 heavy (non-hydrogen) atoms. The zero-order chi connectivity index (χ0) is 12.8. The van der Waals surface area contributed by atoms with Gasteiger partial charge in [-0.1, -0.05) is 6.42 Å². The summed E-state index contributed by atoms with van der Waals surface area (Å²) in [5.74, 6) is 1.76. The van der Waals surface area contributed by atoms with Gasteiger partial charge in [-0.05, 0) is 25.7 Å².